The molecule has 1 aromatic carbocycles. The highest BCUT2D eigenvalue weighted by Gasteiger charge is 2.04. The van der Waals surface area contributed by atoms with Crippen LogP contribution in [0.2, 0.25) is 0 Å². The Morgan fingerprint density at radius 3 is 2.57 bits per heavy atom. The van der Waals surface area contributed by atoms with E-state index in [1.54, 1.807) is 12.1 Å². The number of aromatic hydroxyl groups is 2. The van der Waals surface area contributed by atoms with Crippen LogP contribution in [0.4, 0.5) is 0 Å². The zero-order chi connectivity index (χ0) is 10.4. The van der Waals surface area contributed by atoms with Crippen LogP contribution in [-0.2, 0) is 11.5 Å². The van der Waals surface area contributed by atoms with Gasteiger partial charge in [-0.25, -0.2) is 5.11 Å². The van der Waals surface area contributed by atoms with Crippen molar-refractivity contribution in [1.82, 2.24) is 0 Å². The minimum absolute atomic E-state index is 0.0328. The molecule has 0 aromatic heterocycles. The number of phenols is 2. The summed E-state index contributed by atoms with van der Waals surface area (Å²) in [6.07, 6.45) is 3.14. The lowest BCUT2D eigenvalue weighted by molar-refractivity contribution is 0.186. The Labute approximate surface area is 83.6 Å². The Bertz CT molecular complexity index is 284. The first-order valence-corrected chi connectivity index (χ1v) is 4.83. The Hall–Kier alpha value is -1.22. The predicted octanol–water partition coefficient (Wildman–Crippen LogP) is 2.24. The SMILES string of the molecule is [O]CCCCCc1cccc(O)c1O. The largest absolute Gasteiger partial charge is 0.504 e. The van der Waals surface area contributed by atoms with Gasteiger partial charge in [0.1, 0.15) is 0 Å². The molecule has 0 saturated heterocycles. The molecule has 3 heteroatoms. The Morgan fingerprint density at radius 1 is 1.07 bits per heavy atom. The molecule has 77 valence electrons. The molecule has 0 saturated carbocycles. The summed E-state index contributed by atoms with van der Waals surface area (Å²) < 4.78 is 0. The Morgan fingerprint density at radius 2 is 1.86 bits per heavy atom. The summed E-state index contributed by atoms with van der Waals surface area (Å²) in [4.78, 5) is 0. The molecule has 1 radical (unpaired) electrons. The van der Waals surface area contributed by atoms with Gasteiger partial charge in [-0.05, 0) is 30.9 Å². The van der Waals surface area contributed by atoms with Gasteiger partial charge in [0.2, 0.25) is 0 Å². The van der Waals surface area contributed by atoms with E-state index in [9.17, 15) is 15.3 Å². The lowest BCUT2D eigenvalue weighted by Gasteiger charge is -2.05. The van der Waals surface area contributed by atoms with E-state index in [4.69, 9.17) is 0 Å². The highest BCUT2D eigenvalue weighted by molar-refractivity contribution is 5.44. The fourth-order valence-corrected chi connectivity index (χ4v) is 1.37. The smallest absolute Gasteiger partial charge is 0.160 e. The standard InChI is InChI=1S/C11H15O3/c12-8-3-1-2-5-9-6-4-7-10(13)11(9)14/h4,6-7,13-14H,1-3,5,8H2. The fourth-order valence-electron chi connectivity index (χ4n) is 1.37. The minimum atomic E-state index is -0.0775. The number of hydrogen-bond donors (Lipinski definition) is 2. The summed E-state index contributed by atoms with van der Waals surface area (Å²) >= 11 is 0. The second-order valence-electron chi connectivity index (χ2n) is 3.30. The second-order valence-corrected chi connectivity index (χ2v) is 3.30. The maximum absolute atomic E-state index is 10.2. The zero-order valence-corrected chi connectivity index (χ0v) is 8.07. The molecule has 0 unspecified atom stereocenters. The van der Waals surface area contributed by atoms with Crippen molar-refractivity contribution >= 4 is 0 Å². The molecule has 2 N–H and O–H groups in total. The average Bonchev–Trinajstić information content (AvgIpc) is 2.19. The number of unbranched alkanes of at least 4 members (excludes halogenated alkanes) is 2. The highest BCUT2D eigenvalue weighted by atomic mass is 16.3. The van der Waals surface area contributed by atoms with Crippen LogP contribution in [0.15, 0.2) is 18.2 Å². The molecular formula is C11H15O3. The lowest BCUT2D eigenvalue weighted by Crippen LogP contribution is -1.88. The molecule has 1 rings (SSSR count). The number of hydrogen-bond acceptors (Lipinski definition) is 2. The Balaban J connectivity index is 2.46. The van der Waals surface area contributed by atoms with E-state index in [1.807, 2.05) is 0 Å². The summed E-state index contributed by atoms with van der Waals surface area (Å²) in [5.74, 6) is -0.110. The Kier molecular flexibility index (Phi) is 4.26. The summed E-state index contributed by atoms with van der Waals surface area (Å²) in [6.45, 7) is -0.0357. The predicted molar refractivity (Wildman–Crippen MR) is 52.9 cm³/mol. The van der Waals surface area contributed by atoms with Crippen molar-refractivity contribution in [2.24, 2.45) is 0 Å². The van der Waals surface area contributed by atoms with Crippen LogP contribution < -0.4 is 0 Å². The molecule has 0 heterocycles. The van der Waals surface area contributed by atoms with Crippen molar-refractivity contribution in [3.05, 3.63) is 23.8 Å². The van der Waals surface area contributed by atoms with Gasteiger partial charge in [0.25, 0.3) is 0 Å². The van der Waals surface area contributed by atoms with Crippen molar-refractivity contribution in [3.8, 4) is 11.5 Å². The number of aryl methyl sites for hydroxylation is 1. The molecule has 0 spiro atoms. The van der Waals surface area contributed by atoms with E-state index in [-0.39, 0.29) is 18.1 Å². The van der Waals surface area contributed by atoms with E-state index in [2.05, 4.69) is 0 Å². The van der Waals surface area contributed by atoms with E-state index >= 15 is 0 Å². The monoisotopic (exact) mass is 195 g/mol. The minimum Gasteiger partial charge on any atom is -0.504 e. The van der Waals surface area contributed by atoms with E-state index in [1.165, 1.54) is 6.07 Å². The molecule has 0 atom stereocenters. The maximum Gasteiger partial charge on any atom is 0.160 e. The van der Waals surface area contributed by atoms with Gasteiger partial charge in [-0.3, -0.25) is 0 Å². The lowest BCUT2D eigenvalue weighted by atomic mass is 10.1. The summed E-state index contributed by atoms with van der Waals surface area (Å²) in [7, 11) is 0. The molecular weight excluding hydrogens is 180 g/mol. The molecule has 14 heavy (non-hydrogen) atoms. The third-order valence-corrected chi connectivity index (χ3v) is 2.19. The number of phenolic OH excluding ortho intramolecular Hbond substituents is 2. The zero-order valence-electron chi connectivity index (χ0n) is 8.07. The van der Waals surface area contributed by atoms with Crippen LogP contribution in [0.25, 0.3) is 0 Å². The van der Waals surface area contributed by atoms with Crippen LogP contribution in [0, 0.1) is 0 Å². The van der Waals surface area contributed by atoms with Crippen LogP contribution in [0.5, 0.6) is 11.5 Å². The molecule has 0 bridgehead atoms. The van der Waals surface area contributed by atoms with Gasteiger partial charge < -0.3 is 10.2 Å². The molecule has 1 aromatic rings. The first-order chi connectivity index (χ1) is 6.75. The van der Waals surface area contributed by atoms with Gasteiger partial charge in [-0.1, -0.05) is 18.6 Å². The topological polar surface area (TPSA) is 60.4 Å². The van der Waals surface area contributed by atoms with E-state index < -0.39 is 0 Å². The molecule has 3 nitrogen and oxygen atoms in total. The third kappa shape index (κ3) is 2.92. The van der Waals surface area contributed by atoms with Gasteiger partial charge in [-0.2, -0.15) is 0 Å². The average molecular weight is 195 g/mol. The molecule has 0 aliphatic rings. The van der Waals surface area contributed by atoms with Crippen molar-refractivity contribution in [1.29, 1.82) is 0 Å². The van der Waals surface area contributed by atoms with E-state index in [0.29, 0.717) is 12.8 Å². The molecule has 0 aliphatic carbocycles. The number of benzene rings is 1. The number of rotatable bonds is 5. The van der Waals surface area contributed by atoms with Crippen molar-refractivity contribution in [2.45, 2.75) is 25.7 Å². The quantitative estimate of drug-likeness (QED) is 0.559. The van der Waals surface area contributed by atoms with Gasteiger partial charge >= 0.3 is 0 Å². The number of para-hydroxylation sites is 1. The van der Waals surface area contributed by atoms with Crippen molar-refractivity contribution in [2.75, 3.05) is 6.61 Å². The summed E-state index contributed by atoms with van der Waals surface area (Å²) in [5, 5.41) is 28.8. The fraction of sp³-hybridized carbons (Fsp3) is 0.455. The maximum atomic E-state index is 10.2. The molecule has 0 fully saturated rings. The normalized spacial score (nSPS) is 10.4. The summed E-state index contributed by atoms with van der Waals surface area (Å²) in [5.41, 5.74) is 0.746. The van der Waals surface area contributed by atoms with Crippen LogP contribution in [0.1, 0.15) is 24.8 Å². The summed E-state index contributed by atoms with van der Waals surface area (Å²) in [6, 6.07) is 4.95. The molecule has 0 amide bonds. The van der Waals surface area contributed by atoms with Crippen molar-refractivity contribution < 1.29 is 15.3 Å². The molecule has 0 aliphatic heterocycles. The second kappa shape index (κ2) is 5.50. The van der Waals surface area contributed by atoms with Crippen LogP contribution >= 0.6 is 0 Å². The van der Waals surface area contributed by atoms with Crippen LogP contribution in [-0.4, -0.2) is 16.8 Å². The highest BCUT2D eigenvalue weighted by Crippen LogP contribution is 2.29. The van der Waals surface area contributed by atoms with Crippen LogP contribution in [0.3, 0.4) is 0 Å². The van der Waals surface area contributed by atoms with Gasteiger partial charge in [-0.15, -0.1) is 0 Å². The van der Waals surface area contributed by atoms with Gasteiger partial charge in [0.15, 0.2) is 11.5 Å². The first-order valence-electron chi connectivity index (χ1n) is 4.83. The first kappa shape index (κ1) is 10.9. The third-order valence-electron chi connectivity index (χ3n) is 2.19. The van der Waals surface area contributed by atoms with Crippen molar-refractivity contribution in [3.63, 3.8) is 0 Å². The van der Waals surface area contributed by atoms with Gasteiger partial charge in [0, 0.05) is 0 Å². The van der Waals surface area contributed by atoms with E-state index in [0.717, 1.165) is 18.4 Å². The van der Waals surface area contributed by atoms with Gasteiger partial charge in [0.05, 0.1) is 6.61 Å².